The van der Waals surface area contributed by atoms with E-state index in [-0.39, 0.29) is 12.2 Å². The molecular formula is C25H25NO6. The molecule has 1 aromatic heterocycles. The summed E-state index contributed by atoms with van der Waals surface area (Å²) in [6.45, 7) is 2.86. The Balaban J connectivity index is 1.46. The molecule has 0 radical (unpaired) electrons. The van der Waals surface area contributed by atoms with E-state index in [2.05, 4.69) is 6.07 Å². The Labute approximate surface area is 185 Å². The van der Waals surface area contributed by atoms with Crippen LogP contribution in [0.3, 0.4) is 0 Å². The summed E-state index contributed by atoms with van der Waals surface area (Å²) in [5.41, 5.74) is 7.95. The number of amides is 1. The van der Waals surface area contributed by atoms with Crippen molar-refractivity contribution in [3.05, 3.63) is 87.0 Å². The van der Waals surface area contributed by atoms with Crippen LogP contribution in [0.4, 0.5) is 0 Å². The molecule has 0 bridgehead atoms. The van der Waals surface area contributed by atoms with Crippen molar-refractivity contribution in [2.24, 2.45) is 5.73 Å². The summed E-state index contributed by atoms with van der Waals surface area (Å²) in [6.07, 6.45) is 1.60. The number of ether oxygens (including phenoxy) is 2. The molecule has 1 unspecified atom stereocenters. The molecule has 1 atom stereocenters. The minimum absolute atomic E-state index is 0.0306. The first-order chi connectivity index (χ1) is 15.4. The molecular weight excluding hydrogens is 410 g/mol. The van der Waals surface area contributed by atoms with Crippen molar-refractivity contribution >= 4 is 5.91 Å². The summed E-state index contributed by atoms with van der Waals surface area (Å²) in [5.74, 6) is 0.249. The van der Waals surface area contributed by atoms with Crippen molar-refractivity contribution in [3.63, 3.8) is 0 Å². The normalized spacial score (nSPS) is 13.3. The third-order valence-electron chi connectivity index (χ3n) is 5.49. The lowest BCUT2D eigenvalue weighted by atomic mass is 9.92. The van der Waals surface area contributed by atoms with Crippen molar-refractivity contribution < 1.29 is 23.8 Å². The van der Waals surface area contributed by atoms with Gasteiger partial charge >= 0.3 is 0 Å². The highest BCUT2D eigenvalue weighted by Gasteiger charge is 2.25. The summed E-state index contributed by atoms with van der Waals surface area (Å²) in [7, 11) is 0. The second-order valence-electron chi connectivity index (χ2n) is 7.87. The van der Waals surface area contributed by atoms with Gasteiger partial charge in [-0.25, -0.2) is 0 Å². The molecule has 4 rings (SSSR count). The van der Waals surface area contributed by atoms with Gasteiger partial charge in [0, 0.05) is 25.3 Å². The highest BCUT2D eigenvalue weighted by atomic mass is 16.5. The molecule has 0 saturated heterocycles. The zero-order chi connectivity index (χ0) is 22.7. The Morgan fingerprint density at radius 3 is 2.72 bits per heavy atom. The fourth-order valence-electron chi connectivity index (χ4n) is 3.90. The number of carbonyl (C=O) groups is 1. The second kappa shape index (κ2) is 9.18. The van der Waals surface area contributed by atoms with E-state index in [1.54, 1.807) is 31.2 Å². The average Bonchev–Trinajstić information content (AvgIpc) is 3.23. The van der Waals surface area contributed by atoms with Gasteiger partial charge in [0.1, 0.15) is 17.3 Å². The zero-order valence-corrected chi connectivity index (χ0v) is 17.8. The van der Waals surface area contributed by atoms with Crippen LogP contribution in [0, 0.1) is 6.92 Å². The van der Waals surface area contributed by atoms with Gasteiger partial charge in [0.2, 0.25) is 17.1 Å². The summed E-state index contributed by atoms with van der Waals surface area (Å²) < 4.78 is 17.0. The number of fused-ring (bicyclic) bond motifs is 1. The van der Waals surface area contributed by atoms with E-state index in [1.165, 1.54) is 17.2 Å². The number of hydrogen-bond acceptors (Lipinski definition) is 6. The van der Waals surface area contributed by atoms with E-state index in [9.17, 15) is 14.7 Å². The predicted octanol–water partition coefficient (Wildman–Crippen LogP) is 3.22. The molecule has 0 spiro atoms. The number of benzene rings is 2. The summed E-state index contributed by atoms with van der Waals surface area (Å²) in [4.78, 5) is 23.6. The van der Waals surface area contributed by atoms with E-state index in [4.69, 9.17) is 19.6 Å². The molecule has 166 valence electrons. The fourth-order valence-corrected chi connectivity index (χ4v) is 3.90. The van der Waals surface area contributed by atoms with Crippen LogP contribution in [0.1, 0.15) is 40.5 Å². The maximum atomic E-state index is 12.0. The largest absolute Gasteiger partial charge is 0.502 e. The first kappa shape index (κ1) is 21.5. The van der Waals surface area contributed by atoms with E-state index in [1.807, 2.05) is 12.1 Å². The van der Waals surface area contributed by atoms with Crippen LogP contribution in [0.5, 0.6) is 17.2 Å². The van der Waals surface area contributed by atoms with E-state index < -0.39 is 23.0 Å². The number of aryl methyl sites for hydroxylation is 1. The minimum Gasteiger partial charge on any atom is -0.502 e. The molecule has 1 aliphatic heterocycles. The molecule has 7 heteroatoms. The Hall–Kier alpha value is -3.74. The van der Waals surface area contributed by atoms with Crippen molar-refractivity contribution in [2.75, 3.05) is 13.2 Å². The van der Waals surface area contributed by atoms with Crippen molar-refractivity contribution in [1.29, 1.82) is 0 Å². The van der Waals surface area contributed by atoms with Gasteiger partial charge in [-0.05, 0) is 41.8 Å². The van der Waals surface area contributed by atoms with Gasteiger partial charge in [-0.15, -0.1) is 0 Å². The molecule has 1 amide bonds. The molecule has 0 saturated carbocycles. The van der Waals surface area contributed by atoms with Gasteiger partial charge in [0.05, 0.1) is 19.1 Å². The molecule has 1 aliphatic rings. The number of hydrogen-bond donors (Lipinski definition) is 2. The van der Waals surface area contributed by atoms with E-state index in [0.717, 1.165) is 25.2 Å². The topological polar surface area (TPSA) is 112 Å². The van der Waals surface area contributed by atoms with Gasteiger partial charge in [0.15, 0.2) is 5.76 Å². The summed E-state index contributed by atoms with van der Waals surface area (Å²) in [6, 6.07) is 14.5. The van der Waals surface area contributed by atoms with Crippen LogP contribution in [-0.2, 0) is 17.6 Å². The maximum Gasteiger partial charge on any atom is 0.227 e. The standard InChI is InChI=1S/C25H25NO6/c1-15-12-21(27)24(29)25(32-15)20(14-23(26)28)17-3-5-19(6-4-17)30-10-8-16-2-7-22-18(13-16)9-11-31-22/h2-7,12-13,20,29H,8-11,14H2,1H3,(H2,26,28). The lowest BCUT2D eigenvalue weighted by Crippen LogP contribution is -2.17. The van der Waals surface area contributed by atoms with Gasteiger partial charge in [-0.2, -0.15) is 0 Å². The SMILES string of the molecule is Cc1cc(=O)c(O)c(C(CC(N)=O)c2ccc(OCCc3ccc4c(c3)CCO4)cc2)o1. The van der Waals surface area contributed by atoms with Gasteiger partial charge in [0.25, 0.3) is 0 Å². The molecule has 0 aliphatic carbocycles. The Morgan fingerprint density at radius 2 is 1.97 bits per heavy atom. The molecule has 3 N–H and O–H groups in total. The first-order valence-electron chi connectivity index (χ1n) is 10.5. The number of nitrogens with two attached hydrogens (primary N) is 1. The third-order valence-corrected chi connectivity index (χ3v) is 5.49. The molecule has 2 aromatic carbocycles. The maximum absolute atomic E-state index is 12.0. The zero-order valence-electron chi connectivity index (χ0n) is 17.8. The summed E-state index contributed by atoms with van der Waals surface area (Å²) >= 11 is 0. The number of carbonyl (C=O) groups excluding carboxylic acids is 1. The van der Waals surface area contributed by atoms with Gasteiger partial charge in [-0.1, -0.05) is 24.3 Å². The summed E-state index contributed by atoms with van der Waals surface area (Å²) in [5, 5.41) is 10.2. The fraction of sp³-hybridized carbons (Fsp3) is 0.280. The Kier molecular flexibility index (Phi) is 6.16. The molecule has 7 nitrogen and oxygen atoms in total. The predicted molar refractivity (Wildman–Crippen MR) is 118 cm³/mol. The average molecular weight is 435 g/mol. The first-order valence-corrected chi connectivity index (χ1v) is 10.5. The number of primary amides is 1. The highest BCUT2D eigenvalue weighted by Crippen LogP contribution is 2.33. The molecule has 3 aromatic rings. The van der Waals surface area contributed by atoms with Crippen LogP contribution >= 0.6 is 0 Å². The minimum atomic E-state index is -0.678. The molecule has 2 heterocycles. The van der Waals surface area contributed by atoms with Crippen molar-refractivity contribution in [2.45, 2.75) is 32.1 Å². The van der Waals surface area contributed by atoms with Crippen LogP contribution < -0.4 is 20.6 Å². The van der Waals surface area contributed by atoms with Crippen molar-refractivity contribution in [1.82, 2.24) is 0 Å². The van der Waals surface area contributed by atoms with Crippen LogP contribution in [0.15, 0.2) is 57.7 Å². The highest BCUT2D eigenvalue weighted by molar-refractivity contribution is 5.75. The lowest BCUT2D eigenvalue weighted by molar-refractivity contribution is -0.118. The number of rotatable bonds is 8. The van der Waals surface area contributed by atoms with Crippen molar-refractivity contribution in [3.8, 4) is 17.2 Å². The number of aromatic hydroxyl groups is 1. The van der Waals surface area contributed by atoms with Gasteiger partial charge < -0.3 is 24.7 Å². The van der Waals surface area contributed by atoms with Crippen LogP contribution in [0.2, 0.25) is 0 Å². The molecule has 32 heavy (non-hydrogen) atoms. The lowest BCUT2D eigenvalue weighted by Gasteiger charge is -2.17. The van der Waals surface area contributed by atoms with Gasteiger partial charge in [-0.3, -0.25) is 9.59 Å². The monoisotopic (exact) mass is 435 g/mol. The van der Waals surface area contributed by atoms with Crippen LogP contribution in [-0.4, -0.2) is 24.2 Å². The Morgan fingerprint density at radius 1 is 1.19 bits per heavy atom. The third kappa shape index (κ3) is 4.77. The van der Waals surface area contributed by atoms with Crippen LogP contribution in [0.25, 0.3) is 0 Å². The smallest absolute Gasteiger partial charge is 0.227 e. The Bertz CT molecular complexity index is 1180. The molecule has 0 fully saturated rings. The second-order valence-corrected chi connectivity index (χ2v) is 7.87. The van der Waals surface area contributed by atoms with E-state index in [0.29, 0.717) is 23.7 Å². The van der Waals surface area contributed by atoms with E-state index >= 15 is 0 Å². The quantitative estimate of drug-likeness (QED) is 0.562.